The third-order valence-corrected chi connectivity index (χ3v) is 1.74. The van der Waals surface area contributed by atoms with Crippen molar-refractivity contribution in [2.75, 3.05) is 6.61 Å². The normalized spacial score (nSPS) is 10.4. The van der Waals surface area contributed by atoms with Crippen LogP contribution in [0.3, 0.4) is 0 Å². The number of hydrogen-bond donors (Lipinski definition) is 0. The van der Waals surface area contributed by atoms with Crippen LogP contribution in [0.25, 0.3) is 11.0 Å². The molecule has 1 aromatic carbocycles. The second kappa shape index (κ2) is 2.89. The maximum atomic E-state index is 5.32. The third kappa shape index (κ3) is 1.16. The van der Waals surface area contributed by atoms with Crippen molar-refractivity contribution in [3.63, 3.8) is 0 Å². The van der Waals surface area contributed by atoms with E-state index in [1.54, 1.807) is 6.26 Å². The Bertz CT molecular complexity index is 376. The first kappa shape index (κ1) is 7.22. The molecule has 62 valence electrons. The molecule has 2 nitrogen and oxygen atoms in total. The van der Waals surface area contributed by atoms with Gasteiger partial charge >= 0.3 is 0 Å². The van der Waals surface area contributed by atoms with E-state index < -0.39 is 0 Å². The smallest absolute Gasteiger partial charge is 0.137 e. The molecule has 0 atom stereocenters. The van der Waals surface area contributed by atoms with Crippen molar-refractivity contribution < 1.29 is 9.15 Å². The maximum Gasteiger partial charge on any atom is 0.137 e. The summed E-state index contributed by atoms with van der Waals surface area (Å²) in [4.78, 5) is 0. The first-order valence-electron chi connectivity index (χ1n) is 4.00. The Kier molecular flexibility index (Phi) is 1.74. The van der Waals surface area contributed by atoms with Gasteiger partial charge in [0.15, 0.2) is 0 Å². The lowest BCUT2D eigenvalue weighted by molar-refractivity contribution is 0.340. The van der Waals surface area contributed by atoms with Crippen LogP contribution in [-0.4, -0.2) is 6.61 Å². The van der Waals surface area contributed by atoms with Crippen molar-refractivity contribution in [1.29, 1.82) is 0 Å². The van der Waals surface area contributed by atoms with Crippen molar-refractivity contribution in [3.8, 4) is 5.75 Å². The van der Waals surface area contributed by atoms with Gasteiger partial charge < -0.3 is 9.15 Å². The SMILES string of the molecule is CCOc1ccc2ccoc2c1. The Morgan fingerprint density at radius 2 is 2.25 bits per heavy atom. The largest absolute Gasteiger partial charge is 0.494 e. The Labute approximate surface area is 70.8 Å². The molecule has 0 unspecified atom stereocenters. The zero-order chi connectivity index (χ0) is 8.39. The molecule has 1 heterocycles. The standard InChI is InChI=1S/C10H10O2/c1-2-11-9-4-3-8-5-6-12-10(8)7-9/h3-7H,2H2,1H3. The van der Waals surface area contributed by atoms with E-state index in [0.29, 0.717) is 6.61 Å². The number of rotatable bonds is 2. The van der Waals surface area contributed by atoms with Crippen LogP contribution in [0.5, 0.6) is 5.75 Å². The summed E-state index contributed by atoms with van der Waals surface area (Å²) in [7, 11) is 0. The predicted octanol–water partition coefficient (Wildman–Crippen LogP) is 2.83. The van der Waals surface area contributed by atoms with Crippen molar-refractivity contribution >= 4 is 11.0 Å². The quantitative estimate of drug-likeness (QED) is 0.677. The minimum absolute atomic E-state index is 0.687. The summed E-state index contributed by atoms with van der Waals surface area (Å²) in [6, 6.07) is 7.77. The van der Waals surface area contributed by atoms with Crippen LogP contribution in [-0.2, 0) is 0 Å². The van der Waals surface area contributed by atoms with Crippen molar-refractivity contribution in [2.45, 2.75) is 6.92 Å². The lowest BCUT2D eigenvalue weighted by Gasteiger charge is -2.00. The number of fused-ring (bicyclic) bond motifs is 1. The van der Waals surface area contributed by atoms with Gasteiger partial charge in [-0.1, -0.05) is 0 Å². The van der Waals surface area contributed by atoms with E-state index in [1.807, 2.05) is 31.2 Å². The van der Waals surface area contributed by atoms with Crippen LogP contribution in [0, 0.1) is 0 Å². The Morgan fingerprint density at radius 3 is 3.08 bits per heavy atom. The van der Waals surface area contributed by atoms with Gasteiger partial charge in [-0.05, 0) is 25.1 Å². The molecule has 0 aliphatic carbocycles. The van der Waals surface area contributed by atoms with Crippen LogP contribution in [0.4, 0.5) is 0 Å². The van der Waals surface area contributed by atoms with Gasteiger partial charge in [0, 0.05) is 11.5 Å². The van der Waals surface area contributed by atoms with E-state index in [9.17, 15) is 0 Å². The summed E-state index contributed by atoms with van der Waals surface area (Å²) in [5.41, 5.74) is 0.876. The summed E-state index contributed by atoms with van der Waals surface area (Å²) in [6.07, 6.45) is 1.68. The van der Waals surface area contributed by atoms with Crippen molar-refractivity contribution in [1.82, 2.24) is 0 Å². The van der Waals surface area contributed by atoms with Gasteiger partial charge in [-0.2, -0.15) is 0 Å². The molecule has 0 spiro atoms. The highest BCUT2D eigenvalue weighted by molar-refractivity contribution is 5.78. The lowest BCUT2D eigenvalue weighted by Crippen LogP contribution is -1.89. The molecule has 0 N–H and O–H groups in total. The van der Waals surface area contributed by atoms with E-state index in [2.05, 4.69) is 0 Å². The van der Waals surface area contributed by atoms with Crippen LogP contribution < -0.4 is 4.74 Å². The van der Waals surface area contributed by atoms with E-state index in [-0.39, 0.29) is 0 Å². The fraction of sp³-hybridized carbons (Fsp3) is 0.200. The Balaban J connectivity index is 2.46. The first-order valence-corrected chi connectivity index (χ1v) is 4.00. The average Bonchev–Trinajstić information content (AvgIpc) is 2.51. The molecule has 0 amide bonds. The number of ether oxygens (including phenoxy) is 1. The molecule has 1 aromatic heterocycles. The monoisotopic (exact) mass is 162 g/mol. The van der Waals surface area contributed by atoms with Gasteiger partial charge in [0.05, 0.1) is 12.9 Å². The van der Waals surface area contributed by atoms with Crippen molar-refractivity contribution in [3.05, 3.63) is 30.5 Å². The molecule has 12 heavy (non-hydrogen) atoms. The number of hydrogen-bond acceptors (Lipinski definition) is 2. The molecule has 2 rings (SSSR count). The minimum atomic E-state index is 0.687. The van der Waals surface area contributed by atoms with Gasteiger partial charge in [0.25, 0.3) is 0 Å². The third-order valence-electron chi connectivity index (χ3n) is 1.74. The predicted molar refractivity (Wildman–Crippen MR) is 47.4 cm³/mol. The summed E-state index contributed by atoms with van der Waals surface area (Å²) in [5.74, 6) is 0.861. The molecule has 0 aliphatic rings. The highest BCUT2D eigenvalue weighted by Crippen LogP contribution is 2.21. The second-order valence-corrected chi connectivity index (χ2v) is 2.55. The molecular formula is C10H10O2. The highest BCUT2D eigenvalue weighted by Gasteiger charge is 1.97. The Morgan fingerprint density at radius 1 is 1.33 bits per heavy atom. The molecule has 0 bridgehead atoms. The van der Waals surface area contributed by atoms with Crippen LogP contribution in [0.15, 0.2) is 34.9 Å². The lowest BCUT2D eigenvalue weighted by atomic mass is 10.2. The minimum Gasteiger partial charge on any atom is -0.494 e. The topological polar surface area (TPSA) is 22.4 Å². The van der Waals surface area contributed by atoms with Crippen LogP contribution in [0.1, 0.15) is 6.92 Å². The van der Waals surface area contributed by atoms with Crippen LogP contribution in [0.2, 0.25) is 0 Å². The Hall–Kier alpha value is -1.44. The molecule has 0 fully saturated rings. The number of benzene rings is 1. The van der Waals surface area contributed by atoms with Crippen molar-refractivity contribution in [2.24, 2.45) is 0 Å². The molecule has 2 aromatic rings. The van der Waals surface area contributed by atoms with Crippen LogP contribution >= 0.6 is 0 Å². The first-order chi connectivity index (χ1) is 5.90. The van der Waals surface area contributed by atoms with Gasteiger partial charge in [-0.3, -0.25) is 0 Å². The van der Waals surface area contributed by atoms with E-state index >= 15 is 0 Å². The number of furan rings is 1. The van der Waals surface area contributed by atoms with E-state index in [4.69, 9.17) is 9.15 Å². The molecular weight excluding hydrogens is 152 g/mol. The molecule has 0 aliphatic heterocycles. The highest BCUT2D eigenvalue weighted by atomic mass is 16.5. The summed E-state index contributed by atoms with van der Waals surface area (Å²) in [5, 5.41) is 1.11. The summed E-state index contributed by atoms with van der Waals surface area (Å²) in [6.45, 7) is 2.65. The molecule has 2 heteroatoms. The van der Waals surface area contributed by atoms with Gasteiger partial charge in [-0.25, -0.2) is 0 Å². The van der Waals surface area contributed by atoms with E-state index in [0.717, 1.165) is 16.7 Å². The molecule has 0 saturated carbocycles. The fourth-order valence-electron chi connectivity index (χ4n) is 1.19. The summed E-state index contributed by atoms with van der Waals surface area (Å²) >= 11 is 0. The van der Waals surface area contributed by atoms with E-state index in [1.165, 1.54) is 0 Å². The van der Waals surface area contributed by atoms with Gasteiger partial charge in [0.2, 0.25) is 0 Å². The molecule has 0 radical (unpaired) electrons. The maximum absolute atomic E-state index is 5.32. The average molecular weight is 162 g/mol. The van der Waals surface area contributed by atoms with Gasteiger partial charge in [-0.15, -0.1) is 0 Å². The zero-order valence-corrected chi connectivity index (χ0v) is 6.91. The second-order valence-electron chi connectivity index (χ2n) is 2.55. The van der Waals surface area contributed by atoms with Gasteiger partial charge in [0.1, 0.15) is 11.3 Å². The zero-order valence-electron chi connectivity index (χ0n) is 6.91. The summed E-state index contributed by atoms with van der Waals surface area (Å²) < 4.78 is 10.5. The fourth-order valence-corrected chi connectivity index (χ4v) is 1.19. The molecule has 0 saturated heterocycles.